The monoisotopic (exact) mass is 496 g/mol. The van der Waals surface area contributed by atoms with E-state index >= 15 is 4.39 Å². The van der Waals surface area contributed by atoms with E-state index < -0.39 is 18.4 Å². The molecule has 1 aliphatic heterocycles. The molecule has 4 nitrogen and oxygen atoms in total. The molecule has 0 radical (unpaired) electrons. The minimum Gasteiger partial charge on any atom is -0.469 e. The number of unbranched alkanes of at least 4 members (excludes halogenated alkanes) is 2. The SMILES string of the molecule is CCCCC[C@H](O)C=C[C@H]1CC[C@H]2O[C@@H](C(I)CCCC(=O)OC)[C@@H](F)[C@H]12. The van der Waals surface area contributed by atoms with E-state index in [4.69, 9.17) is 4.74 Å². The van der Waals surface area contributed by atoms with E-state index in [1.807, 2.05) is 12.2 Å². The summed E-state index contributed by atoms with van der Waals surface area (Å²) in [5, 5.41) is 10.1. The number of carbonyl (C=O) groups is 1. The van der Waals surface area contributed by atoms with Crippen LogP contribution in [0.15, 0.2) is 12.2 Å². The smallest absolute Gasteiger partial charge is 0.305 e. The Morgan fingerprint density at radius 2 is 2.11 bits per heavy atom. The topological polar surface area (TPSA) is 55.8 Å². The standard InChI is InChI=1S/C21H34FIO4/c1-3-4-5-7-15(24)12-10-14-11-13-17-19(14)20(22)21(27-17)16(23)8-6-9-18(25)26-2/h10,12,14-17,19-21,24H,3-9,11,13H2,1-2H3/t14-,15-,16?,17+,19+,20-,21-/m0/s1. The molecule has 1 heterocycles. The van der Waals surface area contributed by atoms with E-state index in [0.717, 1.165) is 44.9 Å². The molecule has 2 aliphatic rings. The summed E-state index contributed by atoms with van der Waals surface area (Å²) < 4.78 is 25.9. The van der Waals surface area contributed by atoms with Gasteiger partial charge in [0.1, 0.15) is 12.3 Å². The van der Waals surface area contributed by atoms with Crippen molar-refractivity contribution in [1.29, 1.82) is 0 Å². The quantitative estimate of drug-likeness (QED) is 0.147. The van der Waals surface area contributed by atoms with Crippen LogP contribution in [0, 0.1) is 11.8 Å². The maximum atomic E-state index is 15.2. The van der Waals surface area contributed by atoms with Crippen LogP contribution in [0.4, 0.5) is 4.39 Å². The summed E-state index contributed by atoms with van der Waals surface area (Å²) in [4.78, 5) is 11.2. The van der Waals surface area contributed by atoms with Crippen molar-refractivity contribution in [3.05, 3.63) is 12.2 Å². The highest BCUT2D eigenvalue weighted by Crippen LogP contribution is 2.47. The highest BCUT2D eigenvalue weighted by atomic mass is 127. The van der Waals surface area contributed by atoms with Crippen molar-refractivity contribution in [1.82, 2.24) is 0 Å². The van der Waals surface area contributed by atoms with Crippen LogP contribution in [-0.4, -0.2) is 46.6 Å². The van der Waals surface area contributed by atoms with Crippen LogP contribution in [0.2, 0.25) is 0 Å². The Bertz CT molecular complexity index is 487. The highest BCUT2D eigenvalue weighted by Gasteiger charge is 2.52. The Hall–Kier alpha value is -0.210. The first-order valence-electron chi connectivity index (χ1n) is 10.3. The predicted octanol–water partition coefficient (Wildman–Crippen LogP) is 4.76. The third-order valence-electron chi connectivity index (χ3n) is 5.85. The number of hydrogen-bond donors (Lipinski definition) is 1. The molecule has 2 rings (SSSR count). The lowest BCUT2D eigenvalue weighted by atomic mass is 9.88. The number of halogens is 2. The van der Waals surface area contributed by atoms with Crippen LogP contribution in [0.1, 0.15) is 64.7 Å². The molecule has 0 aromatic heterocycles. The first-order valence-corrected chi connectivity index (χ1v) is 11.6. The molecule has 0 amide bonds. The number of fused-ring (bicyclic) bond motifs is 1. The largest absolute Gasteiger partial charge is 0.469 e. The zero-order chi connectivity index (χ0) is 19.8. The molecule has 1 unspecified atom stereocenters. The van der Waals surface area contributed by atoms with Gasteiger partial charge in [0.2, 0.25) is 0 Å². The fourth-order valence-corrected chi connectivity index (χ4v) is 5.31. The molecule has 156 valence electrons. The number of hydrogen-bond acceptors (Lipinski definition) is 4. The fourth-order valence-electron chi connectivity index (χ4n) is 4.30. The van der Waals surface area contributed by atoms with Gasteiger partial charge in [0.05, 0.1) is 19.3 Å². The second-order valence-corrected chi connectivity index (χ2v) is 9.43. The number of rotatable bonds is 11. The zero-order valence-electron chi connectivity index (χ0n) is 16.5. The van der Waals surface area contributed by atoms with E-state index in [9.17, 15) is 9.90 Å². The second kappa shape index (κ2) is 11.7. The van der Waals surface area contributed by atoms with Crippen LogP contribution in [0.5, 0.6) is 0 Å². The average Bonchev–Trinajstić information content (AvgIpc) is 3.20. The molecule has 1 saturated carbocycles. The molecule has 0 bridgehead atoms. The van der Waals surface area contributed by atoms with Crippen molar-refractivity contribution < 1.29 is 23.8 Å². The van der Waals surface area contributed by atoms with Crippen molar-refractivity contribution in [2.24, 2.45) is 11.8 Å². The second-order valence-electron chi connectivity index (χ2n) is 7.83. The molecular weight excluding hydrogens is 462 g/mol. The molecular formula is C21H34FIO4. The van der Waals surface area contributed by atoms with Gasteiger partial charge < -0.3 is 14.6 Å². The van der Waals surface area contributed by atoms with Crippen LogP contribution in [-0.2, 0) is 14.3 Å². The van der Waals surface area contributed by atoms with Crippen molar-refractivity contribution >= 4 is 28.6 Å². The van der Waals surface area contributed by atoms with Crippen LogP contribution < -0.4 is 0 Å². The van der Waals surface area contributed by atoms with Crippen molar-refractivity contribution in [2.75, 3.05) is 7.11 Å². The normalized spacial score (nSPS) is 32.6. The number of ether oxygens (including phenoxy) is 2. The first kappa shape index (κ1) is 23.1. The molecule has 0 aromatic rings. The van der Waals surface area contributed by atoms with Crippen LogP contribution in [0.25, 0.3) is 0 Å². The zero-order valence-corrected chi connectivity index (χ0v) is 18.6. The van der Waals surface area contributed by atoms with Gasteiger partial charge in [0.25, 0.3) is 0 Å². The minimum atomic E-state index is -0.982. The van der Waals surface area contributed by atoms with E-state index in [-0.39, 0.29) is 27.8 Å². The van der Waals surface area contributed by atoms with Gasteiger partial charge in [-0.25, -0.2) is 4.39 Å². The lowest BCUT2D eigenvalue weighted by molar-refractivity contribution is -0.140. The lowest BCUT2D eigenvalue weighted by Gasteiger charge is -2.22. The molecule has 0 spiro atoms. The molecule has 6 heteroatoms. The summed E-state index contributed by atoms with van der Waals surface area (Å²) >= 11 is 2.26. The minimum absolute atomic E-state index is 0.0187. The van der Waals surface area contributed by atoms with Gasteiger partial charge in [-0.2, -0.15) is 0 Å². The van der Waals surface area contributed by atoms with Crippen LogP contribution >= 0.6 is 22.6 Å². The number of methoxy groups -OCH3 is 1. The van der Waals surface area contributed by atoms with Gasteiger partial charge >= 0.3 is 5.97 Å². The number of allylic oxidation sites excluding steroid dienone is 1. The average molecular weight is 496 g/mol. The van der Waals surface area contributed by atoms with E-state index in [1.54, 1.807) is 0 Å². The van der Waals surface area contributed by atoms with E-state index in [2.05, 4.69) is 34.3 Å². The third-order valence-corrected chi connectivity index (χ3v) is 7.18. The molecule has 1 saturated heterocycles. The Balaban J connectivity index is 1.83. The number of alkyl halides is 2. The van der Waals surface area contributed by atoms with Gasteiger partial charge in [0, 0.05) is 16.3 Å². The molecule has 27 heavy (non-hydrogen) atoms. The summed E-state index contributed by atoms with van der Waals surface area (Å²) in [6.45, 7) is 2.15. The summed E-state index contributed by atoms with van der Waals surface area (Å²) in [6.07, 6.45) is 9.75. The van der Waals surface area contributed by atoms with Gasteiger partial charge in [-0.15, -0.1) is 0 Å². The maximum Gasteiger partial charge on any atom is 0.305 e. The molecule has 0 aromatic carbocycles. The fraction of sp³-hybridized carbons (Fsp3) is 0.857. The third kappa shape index (κ3) is 6.67. The summed E-state index contributed by atoms with van der Waals surface area (Å²) in [5.74, 6) is -0.177. The van der Waals surface area contributed by atoms with E-state index in [1.165, 1.54) is 7.11 Å². The summed E-state index contributed by atoms with van der Waals surface area (Å²) in [6, 6.07) is 0. The Morgan fingerprint density at radius 1 is 1.33 bits per heavy atom. The van der Waals surface area contributed by atoms with Crippen LogP contribution in [0.3, 0.4) is 0 Å². The van der Waals surface area contributed by atoms with E-state index in [0.29, 0.717) is 12.8 Å². The van der Waals surface area contributed by atoms with Gasteiger partial charge in [-0.3, -0.25) is 4.79 Å². The number of aliphatic hydroxyl groups is 1. The first-order chi connectivity index (χ1) is 13.0. The molecule has 7 atom stereocenters. The predicted molar refractivity (Wildman–Crippen MR) is 113 cm³/mol. The van der Waals surface area contributed by atoms with Crippen molar-refractivity contribution in [3.8, 4) is 0 Å². The summed E-state index contributed by atoms with van der Waals surface area (Å²) in [5.41, 5.74) is 0. The lowest BCUT2D eigenvalue weighted by Crippen LogP contribution is -2.32. The maximum absolute atomic E-state index is 15.2. The summed E-state index contributed by atoms with van der Waals surface area (Å²) in [7, 11) is 1.39. The number of esters is 1. The molecule has 1 N–H and O–H groups in total. The van der Waals surface area contributed by atoms with Gasteiger partial charge in [0.15, 0.2) is 0 Å². The van der Waals surface area contributed by atoms with Gasteiger partial charge in [-0.1, -0.05) is 60.9 Å². The number of aliphatic hydroxyl groups excluding tert-OH is 1. The Morgan fingerprint density at radius 3 is 2.81 bits per heavy atom. The van der Waals surface area contributed by atoms with Gasteiger partial charge in [-0.05, 0) is 38.0 Å². The molecule has 1 aliphatic carbocycles. The van der Waals surface area contributed by atoms with Crippen molar-refractivity contribution in [2.45, 2.75) is 93.1 Å². The molecule has 2 fully saturated rings. The number of carbonyl (C=O) groups excluding carboxylic acids is 1. The Labute approximate surface area is 176 Å². The Kier molecular flexibility index (Phi) is 10.0. The highest BCUT2D eigenvalue weighted by molar-refractivity contribution is 14.1. The van der Waals surface area contributed by atoms with Crippen molar-refractivity contribution in [3.63, 3.8) is 0 Å².